The second kappa shape index (κ2) is 7.46. The maximum absolute atomic E-state index is 3.60. The summed E-state index contributed by atoms with van der Waals surface area (Å²) in [4.78, 5) is 3.60. The van der Waals surface area contributed by atoms with Gasteiger partial charge in [0.05, 0.1) is 0 Å². The van der Waals surface area contributed by atoms with Gasteiger partial charge in [-0.2, -0.15) is 0 Å². The summed E-state index contributed by atoms with van der Waals surface area (Å²) >= 11 is 0. The number of rotatable bonds is 0. The van der Waals surface area contributed by atoms with Gasteiger partial charge >= 0.3 is 0 Å². The summed E-state index contributed by atoms with van der Waals surface area (Å²) in [6.07, 6.45) is 5.31. The van der Waals surface area contributed by atoms with Gasteiger partial charge in [-0.1, -0.05) is 0 Å². The molecule has 0 aliphatic carbocycles. The van der Waals surface area contributed by atoms with Crippen molar-refractivity contribution in [2.24, 2.45) is 0 Å². The molecule has 0 aliphatic heterocycles. The van der Waals surface area contributed by atoms with Crippen LogP contribution in [0.15, 0.2) is 12.1 Å². The van der Waals surface area contributed by atoms with Crippen LogP contribution in [0.1, 0.15) is 5.56 Å². The van der Waals surface area contributed by atoms with Crippen LogP contribution in [0.2, 0.25) is 0 Å². The zero-order valence-corrected chi connectivity index (χ0v) is 10.9. The molecule has 0 unspecified atom stereocenters. The Bertz CT molecular complexity index is 141. The Morgan fingerprint density at radius 2 is 1.67 bits per heavy atom. The van der Waals surface area contributed by atoms with Gasteiger partial charge in [0.25, 0.3) is 0 Å². The van der Waals surface area contributed by atoms with Gasteiger partial charge in [0.15, 0.2) is 0 Å². The van der Waals surface area contributed by atoms with E-state index in [1.165, 1.54) is 0 Å². The van der Waals surface area contributed by atoms with Crippen LogP contribution in [0.25, 0.3) is 0 Å². The molecule has 2 radical (unpaired) electrons. The summed E-state index contributed by atoms with van der Waals surface area (Å²) in [7, 11) is 0. The maximum Gasteiger partial charge on any atom is 0 e. The molecule has 0 aliphatic rings. The Morgan fingerprint density at radius 3 is 1.89 bits per heavy atom. The number of hydrogen-bond acceptors (Lipinski definition) is 1. The molecule has 3 heteroatoms. The normalized spacial score (nSPS) is 6.78. The molecule has 1 nitrogen and oxygen atoms in total. The SMILES string of the molecule is Cc1c[c-]n[c-]c1.[Y].[Y]. The minimum Gasteiger partial charge on any atom is -0.543 e. The van der Waals surface area contributed by atoms with Crippen LogP contribution >= 0.6 is 0 Å². The molecule has 0 amide bonds. The minimum absolute atomic E-state index is 0. The molecule has 1 rings (SSSR count). The molecule has 1 heterocycles. The molecule has 0 aromatic carbocycles. The first-order chi connectivity index (χ1) is 3.39. The van der Waals surface area contributed by atoms with Crippen molar-refractivity contribution in [1.82, 2.24) is 4.98 Å². The van der Waals surface area contributed by atoms with Gasteiger partial charge in [-0.05, 0) is 0 Å². The van der Waals surface area contributed by atoms with Gasteiger partial charge < -0.3 is 4.98 Å². The van der Waals surface area contributed by atoms with Gasteiger partial charge in [-0.3, -0.25) is 30.1 Å². The molecule has 0 saturated heterocycles. The van der Waals surface area contributed by atoms with E-state index < -0.39 is 0 Å². The summed E-state index contributed by atoms with van der Waals surface area (Å²) in [5.41, 5.74) is 1.15. The molecule has 0 saturated carbocycles. The Hall–Kier alpha value is 1.36. The topological polar surface area (TPSA) is 12.9 Å². The Kier molecular flexibility index (Phi) is 10.8. The molecule has 1 aromatic rings. The molecule has 0 atom stereocenters. The summed E-state index contributed by atoms with van der Waals surface area (Å²) in [5.74, 6) is 0. The summed E-state index contributed by atoms with van der Waals surface area (Å²) in [5, 5.41) is 0. The fraction of sp³-hybridized carbons (Fsp3) is 0.167. The number of pyridine rings is 1. The van der Waals surface area contributed by atoms with Crippen molar-refractivity contribution in [3.8, 4) is 0 Å². The van der Waals surface area contributed by atoms with Gasteiger partial charge in [0, 0.05) is 65.4 Å². The summed E-state index contributed by atoms with van der Waals surface area (Å²) < 4.78 is 0. The predicted molar refractivity (Wildman–Crippen MR) is 26.6 cm³/mol. The summed E-state index contributed by atoms with van der Waals surface area (Å²) in [6, 6.07) is 3.63. The van der Waals surface area contributed by atoms with Crippen LogP contribution < -0.4 is 0 Å². The molecular formula is C6H5NY2-2. The van der Waals surface area contributed by atoms with Crippen LogP contribution in [0.4, 0.5) is 0 Å². The van der Waals surface area contributed by atoms with Crippen LogP contribution in [0, 0.1) is 19.3 Å². The van der Waals surface area contributed by atoms with Crippen molar-refractivity contribution < 1.29 is 65.4 Å². The molecule has 0 fully saturated rings. The zero-order valence-electron chi connectivity index (χ0n) is 5.26. The first-order valence-electron chi connectivity index (χ1n) is 2.10. The Labute approximate surface area is 106 Å². The van der Waals surface area contributed by atoms with Crippen molar-refractivity contribution in [3.05, 3.63) is 30.1 Å². The van der Waals surface area contributed by atoms with E-state index in [-0.39, 0.29) is 65.4 Å². The molecular weight excluding hydrogens is 264 g/mol. The molecule has 1 aromatic heterocycles. The average Bonchev–Trinajstić information content (AvgIpc) is 1.69. The predicted octanol–water partition coefficient (Wildman–Crippen LogP) is 0.985. The summed E-state index contributed by atoms with van der Waals surface area (Å²) in [6.45, 7) is 1.98. The molecule has 42 valence electrons. The number of aromatic nitrogens is 1. The number of hydrogen-bond donors (Lipinski definition) is 0. The first-order valence-corrected chi connectivity index (χ1v) is 2.10. The molecule has 0 spiro atoms. The van der Waals surface area contributed by atoms with Crippen LogP contribution in [0.5, 0.6) is 0 Å². The van der Waals surface area contributed by atoms with E-state index in [2.05, 4.69) is 17.4 Å². The fourth-order valence-electron chi connectivity index (χ4n) is 0.347. The largest absolute Gasteiger partial charge is 0.543 e. The van der Waals surface area contributed by atoms with Crippen LogP contribution in [-0.2, 0) is 65.4 Å². The van der Waals surface area contributed by atoms with Crippen molar-refractivity contribution >= 4 is 0 Å². The van der Waals surface area contributed by atoms with Crippen molar-refractivity contribution in [2.45, 2.75) is 6.92 Å². The third kappa shape index (κ3) is 5.79. The van der Waals surface area contributed by atoms with Gasteiger partial charge in [-0.15, -0.1) is 6.92 Å². The van der Waals surface area contributed by atoms with Crippen molar-refractivity contribution in [1.29, 1.82) is 0 Å². The quantitative estimate of drug-likeness (QED) is 0.640. The monoisotopic (exact) mass is 269 g/mol. The van der Waals surface area contributed by atoms with E-state index in [9.17, 15) is 0 Å². The van der Waals surface area contributed by atoms with Gasteiger partial charge in [0.1, 0.15) is 0 Å². The third-order valence-corrected chi connectivity index (χ3v) is 0.714. The van der Waals surface area contributed by atoms with Crippen LogP contribution in [-0.4, -0.2) is 4.98 Å². The molecule has 0 N–H and O–H groups in total. The van der Waals surface area contributed by atoms with Crippen LogP contribution in [0.3, 0.4) is 0 Å². The fourth-order valence-corrected chi connectivity index (χ4v) is 0.347. The van der Waals surface area contributed by atoms with E-state index in [1.807, 2.05) is 19.1 Å². The van der Waals surface area contributed by atoms with E-state index in [0.717, 1.165) is 5.56 Å². The maximum atomic E-state index is 3.60. The average molecular weight is 269 g/mol. The molecule has 9 heavy (non-hydrogen) atoms. The smallest absolute Gasteiger partial charge is 0 e. The third-order valence-electron chi connectivity index (χ3n) is 0.714. The Balaban J connectivity index is 0. The molecule has 0 bridgehead atoms. The first kappa shape index (κ1) is 13.0. The number of nitrogens with zero attached hydrogens (tertiary/aromatic N) is 1. The van der Waals surface area contributed by atoms with Gasteiger partial charge in [0.2, 0.25) is 0 Å². The minimum atomic E-state index is 0. The Morgan fingerprint density at radius 1 is 1.22 bits per heavy atom. The second-order valence-electron chi connectivity index (χ2n) is 1.40. The standard InChI is InChI=1S/C6H5N.2Y/c1-6-2-4-7-5-3-6;;/h2-3H,1H3;;/q-2;;. The van der Waals surface area contributed by atoms with E-state index in [4.69, 9.17) is 0 Å². The van der Waals surface area contributed by atoms with Crippen molar-refractivity contribution in [3.63, 3.8) is 0 Å². The van der Waals surface area contributed by atoms with E-state index in [0.29, 0.717) is 0 Å². The van der Waals surface area contributed by atoms with Gasteiger partial charge in [-0.25, -0.2) is 0 Å². The van der Waals surface area contributed by atoms with E-state index in [1.54, 1.807) is 0 Å². The van der Waals surface area contributed by atoms with E-state index >= 15 is 0 Å². The number of aryl methyl sites for hydroxylation is 1. The second-order valence-corrected chi connectivity index (χ2v) is 1.40. The van der Waals surface area contributed by atoms with Crippen molar-refractivity contribution in [2.75, 3.05) is 0 Å². The zero-order chi connectivity index (χ0) is 5.11.